The minimum atomic E-state index is -0.731. The van der Waals surface area contributed by atoms with Crippen LogP contribution in [0, 0.1) is 23.2 Å². The normalized spacial score (nSPS) is 34.3. The molecule has 1 saturated carbocycles. The van der Waals surface area contributed by atoms with Crippen LogP contribution in [0.3, 0.4) is 0 Å². The number of nitrogens with zero attached hydrogens (tertiary/aromatic N) is 1. The third-order valence-electron chi connectivity index (χ3n) is 2.72. The zero-order valence-corrected chi connectivity index (χ0v) is 6.95. The van der Waals surface area contributed by atoms with E-state index < -0.39 is 6.10 Å². The summed E-state index contributed by atoms with van der Waals surface area (Å²) >= 11 is 0. The van der Waals surface area contributed by atoms with Crippen molar-refractivity contribution >= 4 is 0 Å². The van der Waals surface area contributed by atoms with Crippen LogP contribution in [0.2, 0.25) is 0 Å². The van der Waals surface area contributed by atoms with Gasteiger partial charge in [0, 0.05) is 5.92 Å². The molecule has 0 radical (unpaired) electrons. The van der Waals surface area contributed by atoms with Crippen LogP contribution >= 0.6 is 0 Å². The van der Waals surface area contributed by atoms with Crippen LogP contribution in [0.5, 0.6) is 0 Å². The van der Waals surface area contributed by atoms with Crippen molar-refractivity contribution in [3.05, 3.63) is 0 Å². The summed E-state index contributed by atoms with van der Waals surface area (Å²) in [5.74, 6) is 0.757. The first-order valence-electron chi connectivity index (χ1n) is 4.33. The molecule has 1 rings (SSSR count). The van der Waals surface area contributed by atoms with Crippen LogP contribution in [0.15, 0.2) is 0 Å². The van der Waals surface area contributed by atoms with Crippen molar-refractivity contribution < 1.29 is 5.11 Å². The van der Waals surface area contributed by atoms with Crippen molar-refractivity contribution in [3.63, 3.8) is 0 Å². The molecule has 1 aliphatic carbocycles. The van der Waals surface area contributed by atoms with E-state index in [-0.39, 0.29) is 5.92 Å². The average Bonchev–Trinajstić information content (AvgIpc) is 2.04. The van der Waals surface area contributed by atoms with Crippen molar-refractivity contribution in [2.45, 2.75) is 38.7 Å². The Balaban J connectivity index is 2.48. The largest absolute Gasteiger partial charge is 0.378 e. The second kappa shape index (κ2) is 3.73. The summed E-state index contributed by atoms with van der Waals surface area (Å²) in [6, 6.07) is 1.92. The number of aliphatic hydroxyl groups excluding tert-OH is 1. The van der Waals surface area contributed by atoms with E-state index in [4.69, 9.17) is 5.26 Å². The number of aliphatic hydroxyl groups is 1. The van der Waals surface area contributed by atoms with Gasteiger partial charge >= 0.3 is 0 Å². The second-order valence-electron chi connectivity index (χ2n) is 3.50. The lowest BCUT2D eigenvalue weighted by Crippen LogP contribution is -2.27. The molecule has 0 aliphatic heterocycles. The van der Waals surface area contributed by atoms with Crippen LogP contribution in [-0.2, 0) is 0 Å². The van der Waals surface area contributed by atoms with Crippen molar-refractivity contribution in [1.29, 1.82) is 5.26 Å². The van der Waals surface area contributed by atoms with Gasteiger partial charge in [-0.2, -0.15) is 5.26 Å². The van der Waals surface area contributed by atoms with Gasteiger partial charge in [-0.3, -0.25) is 0 Å². The molecule has 1 aliphatic rings. The molecule has 0 aromatic carbocycles. The van der Waals surface area contributed by atoms with Gasteiger partial charge in [0.25, 0.3) is 0 Å². The first-order valence-corrected chi connectivity index (χ1v) is 4.33. The molecule has 0 aromatic heterocycles. The van der Waals surface area contributed by atoms with E-state index in [9.17, 15) is 5.11 Å². The summed E-state index contributed by atoms with van der Waals surface area (Å²) in [6.45, 7) is 2.13. The zero-order valence-electron chi connectivity index (χ0n) is 6.95. The summed E-state index contributed by atoms with van der Waals surface area (Å²) in [6.07, 6.45) is 3.90. The van der Waals surface area contributed by atoms with Crippen LogP contribution in [-0.4, -0.2) is 11.2 Å². The molecular weight excluding hydrogens is 138 g/mol. The molecule has 11 heavy (non-hydrogen) atoms. The molecule has 0 heterocycles. The van der Waals surface area contributed by atoms with E-state index in [1.54, 1.807) is 0 Å². The molecule has 1 fully saturated rings. The predicted octanol–water partition coefficient (Wildman–Crippen LogP) is 1.70. The minimum absolute atomic E-state index is 0.230. The maximum atomic E-state index is 9.29. The average molecular weight is 153 g/mol. The highest BCUT2D eigenvalue weighted by atomic mass is 16.3. The van der Waals surface area contributed by atoms with Crippen molar-refractivity contribution in [1.82, 2.24) is 0 Å². The molecule has 0 saturated heterocycles. The fourth-order valence-electron chi connectivity index (χ4n) is 1.91. The summed E-state index contributed by atoms with van der Waals surface area (Å²) in [5.41, 5.74) is 0. The Bertz CT molecular complexity index is 161. The van der Waals surface area contributed by atoms with E-state index in [0.29, 0.717) is 5.92 Å². The van der Waals surface area contributed by atoms with Gasteiger partial charge in [-0.25, -0.2) is 0 Å². The van der Waals surface area contributed by atoms with Crippen LogP contribution < -0.4 is 0 Å². The topological polar surface area (TPSA) is 44.0 Å². The summed E-state index contributed by atoms with van der Waals surface area (Å²) in [5, 5.41) is 17.8. The highest BCUT2D eigenvalue weighted by Gasteiger charge is 2.27. The third-order valence-corrected chi connectivity index (χ3v) is 2.72. The molecule has 0 bridgehead atoms. The molecule has 0 aromatic rings. The second-order valence-corrected chi connectivity index (χ2v) is 3.50. The number of nitriles is 1. The van der Waals surface area contributed by atoms with E-state index in [0.717, 1.165) is 6.42 Å². The van der Waals surface area contributed by atoms with Gasteiger partial charge < -0.3 is 5.11 Å². The first-order chi connectivity index (χ1) is 5.25. The van der Waals surface area contributed by atoms with Gasteiger partial charge in [0.05, 0.1) is 6.07 Å². The van der Waals surface area contributed by atoms with Gasteiger partial charge in [0.1, 0.15) is 6.10 Å². The molecule has 62 valence electrons. The van der Waals surface area contributed by atoms with E-state index in [1.165, 1.54) is 19.3 Å². The Labute approximate surface area is 67.8 Å². The Kier molecular flexibility index (Phi) is 2.90. The Morgan fingerprint density at radius 1 is 1.45 bits per heavy atom. The van der Waals surface area contributed by atoms with E-state index in [2.05, 4.69) is 6.92 Å². The maximum Gasteiger partial charge on any atom is 0.143 e. The van der Waals surface area contributed by atoms with E-state index in [1.807, 2.05) is 6.07 Å². The molecule has 0 amide bonds. The molecule has 1 N–H and O–H groups in total. The quantitative estimate of drug-likeness (QED) is 0.583. The number of hydrogen-bond acceptors (Lipinski definition) is 2. The molecule has 3 unspecified atom stereocenters. The SMILES string of the molecule is CC1CCCCC1C(O)C#N. The molecule has 2 nitrogen and oxygen atoms in total. The Hall–Kier alpha value is -0.550. The lowest BCUT2D eigenvalue weighted by molar-refractivity contribution is 0.0938. The lowest BCUT2D eigenvalue weighted by Gasteiger charge is -2.29. The Morgan fingerprint density at radius 3 is 2.64 bits per heavy atom. The summed E-state index contributed by atoms with van der Waals surface area (Å²) in [4.78, 5) is 0. The fourth-order valence-corrected chi connectivity index (χ4v) is 1.91. The van der Waals surface area contributed by atoms with Gasteiger partial charge in [-0.1, -0.05) is 26.2 Å². The molecule has 3 atom stereocenters. The standard InChI is InChI=1S/C9H15NO/c1-7-4-2-3-5-8(7)9(11)6-10/h7-9,11H,2-5H2,1H3. The van der Waals surface area contributed by atoms with Crippen LogP contribution in [0.25, 0.3) is 0 Å². The van der Waals surface area contributed by atoms with Gasteiger partial charge in [0.15, 0.2) is 0 Å². The monoisotopic (exact) mass is 153 g/mol. The molecule has 0 spiro atoms. The summed E-state index contributed by atoms with van der Waals surface area (Å²) < 4.78 is 0. The fraction of sp³-hybridized carbons (Fsp3) is 0.889. The molecule has 2 heteroatoms. The van der Waals surface area contributed by atoms with Gasteiger partial charge in [-0.05, 0) is 12.3 Å². The highest BCUT2D eigenvalue weighted by Crippen LogP contribution is 2.31. The minimum Gasteiger partial charge on any atom is -0.378 e. The highest BCUT2D eigenvalue weighted by molar-refractivity contribution is 4.91. The van der Waals surface area contributed by atoms with Crippen molar-refractivity contribution in [2.24, 2.45) is 11.8 Å². The lowest BCUT2D eigenvalue weighted by atomic mass is 9.78. The first kappa shape index (κ1) is 8.55. The van der Waals surface area contributed by atoms with Gasteiger partial charge in [0.2, 0.25) is 0 Å². The summed E-state index contributed by atoms with van der Waals surface area (Å²) in [7, 11) is 0. The van der Waals surface area contributed by atoms with Gasteiger partial charge in [-0.15, -0.1) is 0 Å². The van der Waals surface area contributed by atoms with E-state index >= 15 is 0 Å². The number of rotatable bonds is 1. The van der Waals surface area contributed by atoms with Crippen LogP contribution in [0.1, 0.15) is 32.6 Å². The third kappa shape index (κ3) is 1.94. The number of hydrogen-bond donors (Lipinski definition) is 1. The van der Waals surface area contributed by atoms with Crippen LogP contribution in [0.4, 0.5) is 0 Å². The zero-order chi connectivity index (χ0) is 8.27. The Morgan fingerprint density at radius 2 is 2.09 bits per heavy atom. The van der Waals surface area contributed by atoms with Crippen molar-refractivity contribution in [3.8, 4) is 6.07 Å². The maximum absolute atomic E-state index is 9.29. The molecular formula is C9H15NO. The van der Waals surface area contributed by atoms with Crippen molar-refractivity contribution in [2.75, 3.05) is 0 Å². The smallest absolute Gasteiger partial charge is 0.143 e. The predicted molar refractivity (Wildman–Crippen MR) is 42.7 cm³/mol.